The van der Waals surface area contributed by atoms with E-state index in [1.165, 1.54) is 9.80 Å². The monoisotopic (exact) mass is 285 g/mol. The fourth-order valence-corrected chi connectivity index (χ4v) is 2.89. The molecule has 0 atom stereocenters. The van der Waals surface area contributed by atoms with Crippen LogP contribution in [-0.4, -0.2) is 16.7 Å². The van der Waals surface area contributed by atoms with Crippen LogP contribution in [0.25, 0.3) is 6.08 Å². The van der Waals surface area contributed by atoms with Crippen LogP contribution < -0.4 is 0 Å². The third-order valence-electron chi connectivity index (χ3n) is 2.84. The molecule has 0 bridgehead atoms. The van der Waals surface area contributed by atoms with Gasteiger partial charge in [-0.05, 0) is 54.0 Å². The normalized spacial score (nSPS) is 11.6. The molecule has 20 heavy (non-hydrogen) atoms. The minimum Gasteiger partial charge on any atom is -0.396 e. The smallest absolute Gasteiger partial charge is 0.0431 e. The molecule has 1 aromatic heterocycles. The van der Waals surface area contributed by atoms with Gasteiger partial charge in [-0.3, -0.25) is 4.98 Å². The number of rotatable bonds is 7. The maximum atomic E-state index is 8.92. The Balaban J connectivity index is 2.10. The van der Waals surface area contributed by atoms with E-state index in [1.54, 1.807) is 18.0 Å². The van der Waals surface area contributed by atoms with Crippen molar-refractivity contribution in [2.24, 2.45) is 0 Å². The summed E-state index contributed by atoms with van der Waals surface area (Å²) in [6.07, 6.45) is 8.67. The molecule has 1 N–H and O–H groups in total. The van der Waals surface area contributed by atoms with Gasteiger partial charge in [0, 0.05) is 23.9 Å². The quantitative estimate of drug-likeness (QED) is 0.605. The fourth-order valence-electron chi connectivity index (χ4n) is 1.85. The highest BCUT2D eigenvalue weighted by Crippen LogP contribution is 2.31. The van der Waals surface area contributed by atoms with Crippen LogP contribution >= 0.6 is 11.8 Å². The number of hydrogen-bond acceptors (Lipinski definition) is 3. The zero-order valence-corrected chi connectivity index (χ0v) is 12.2. The van der Waals surface area contributed by atoms with Crippen LogP contribution in [0.5, 0.6) is 0 Å². The molecule has 2 rings (SSSR count). The molecule has 0 aliphatic rings. The molecule has 0 unspecified atom stereocenters. The third-order valence-corrected chi connectivity index (χ3v) is 3.93. The molecule has 0 fully saturated rings. The number of pyridine rings is 1. The summed E-state index contributed by atoms with van der Waals surface area (Å²) in [6, 6.07) is 14.4. The van der Waals surface area contributed by atoms with E-state index in [4.69, 9.17) is 5.11 Å². The lowest BCUT2D eigenvalue weighted by Gasteiger charge is -2.07. The summed E-state index contributed by atoms with van der Waals surface area (Å²) in [5.74, 6) is 0. The van der Waals surface area contributed by atoms with Crippen molar-refractivity contribution in [3.8, 4) is 0 Å². The molecule has 3 heteroatoms. The Morgan fingerprint density at radius 3 is 2.65 bits per heavy atom. The first-order valence-corrected chi connectivity index (χ1v) is 7.64. The lowest BCUT2D eigenvalue weighted by molar-refractivity contribution is 0.285. The van der Waals surface area contributed by atoms with Gasteiger partial charge >= 0.3 is 0 Å². The van der Waals surface area contributed by atoms with Gasteiger partial charge in [0.1, 0.15) is 0 Å². The molecule has 0 aliphatic heterocycles. The minimum absolute atomic E-state index is 0.260. The zero-order chi connectivity index (χ0) is 14.0. The minimum atomic E-state index is 0.260. The standard InChI is InChI=1S/C17H19NOS/c19-12-5-4-10-17(13-15-7-6-11-18-14-15)20-16-8-2-1-3-9-16/h1-3,6-9,11,13-14,19H,4-5,10,12H2/b17-13-. The van der Waals surface area contributed by atoms with E-state index in [0.29, 0.717) is 0 Å². The van der Waals surface area contributed by atoms with Crippen molar-refractivity contribution in [1.29, 1.82) is 0 Å². The van der Waals surface area contributed by atoms with Crippen LogP contribution in [0, 0.1) is 0 Å². The van der Waals surface area contributed by atoms with E-state index in [1.807, 2.05) is 18.3 Å². The predicted molar refractivity (Wildman–Crippen MR) is 85.4 cm³/mol. The van der Waals surface area contributed by atoms with Crippen molar-refractivity contribution in [2.45, 2.75) is 24.2 Å². The largest absolute Gasteiger partial charge is 0.396 e. The first kappa shape index (κ1) is 14.8. The highest BCUT2D eigenvalue weighted by atomic mass is 32.2. The molecular weight excluding hydrogens is 266 g/mol. The van der Waals surface area contributed by atoms with E-state index in [2.05, 4.69) is 41.4 Å². The van der Waals surface area contributed by atoms with Crippen molar-refractivity contribution in [3.05, 3.63) is 65.3 Å². The maximum Gasteiger partial charge on any atom is 0.0431 e. The summed E-state index contributed by atoms with van der Waals surface area (Å²) in [5.41, 5.74) is 1.12. The number of aromatic nitrogens is 1. The Kier molecular flexibility index (Phi) is 6.35. The second kappa shape index (κ2) is 8.56. The molecule has 0 aliphatic carbocycles. The van der Waals surface area contributed by atoms with Crippen LogP contribution in [0.15, 0.2) is 64.7 Å². The van der Waals surface area contributed by atoms with E-state index in [0.717, 1.165) is 24.8 Å². The summed E-state index contributed by atoms with van der Waals surface area (Å²) >= 11 is 1.79. The molecule has 0 saturated heterocycles. The number of hydrogen-bond donors (Lipinski definition) is 1. The zero-order valence-electron chi connectivity index (χ0n) is 11.4. The van der Waals surface area contributed by atoms with Gasteiger partial charge in [-0.1, -0.05) is 36.0 Å². The second-order valence-electron chi connectivity index (χ2n) is 4.49. The number of allylic oxidation sites excluding steroid dienone is 1. The Bertz CT molecular complexity index is 525. The first-order chi connectivity index (χ1) is 9.88. The van der Waals surface area contributed by atoms with Crippen LogP contribution in [0.3, 0.4) is 0 Å². The molecule has 2 nitrogen and oxygen atoms in total. The summed E-state index contributed by atoms with van der Waals surface area (Å²) in [4.78, 5) is 6.69. The lowest BCUT2D eigenvalue weighted by Crippen LogP contribution is -1.86. The molecule has 0 radical (unpaired) electrons. The van der Waals surface area contributed by atoms with Gasteiger partial charge in [0.2, 0.25) is 0 Å². The lowest BCUT2D eigenvalue weighted by atomic mass is 10.2. The maximum absolute atomic E-state index is 8.92. The fraction of sp³-hybridized carbons (Fsp3) is 0.235. The first-order valence-electron chi connectivity index (χ1n) is 6.83. The molecule has 1 aromatic carbocycles. The van der Waals surface area contributed by atoms with Crippen LogP contribution in [0.1, 0.15) is 24.8 Å². The van der Waals surface area contributed by atoms with Gasteiger partial charge in [0.25, 0.3) is 0 Å². The van der Waals surface area contributed by atoms with Crippen molar-refractivity contribution in [3.63, 3.8) is 0 Å². The Morgan fingerprint density at radius 1 is 1.10 bits per heavy atom. The molecule has 0 saturated carbocycles. The third kappa shape index (κ3) is 5.19. The Hall–Kier alpha value is -1.58. The van der Waals surface area contributed by atoms with Crippen LogP contribution in [-0.2, 0) is 0 Å². The van der Waals surface area contributed by atoms with Crippen LogP contribution in [0.4, 0.5) is 0 Å². The average molecular weight is 285 g/mol. The van der Waals surface area contributed by atoms with Gasteiger partial charge in [-0.2, -0.15) is 0 Å². The highest BCUT2D eigenvalue weighted by molar-refractivity contribution is 8.03. The van der Waals surface area contributed by atoms with E-state index in [-0.39, 0.29) is 6.61 Å². The van der Waals surface area contributed by atoms with Crippen molar-refractivity contribution in [1.82, 2.24) is 4.98 Å². The number of benzene rings is 1. The Labute approximate surface area is 124 Å². The van der Waals surface area contributed by atoms with E-state index >= 15 is 0 Å². The van der Waals surface area contributed by atoms with Crippen molar-refractivity contribution in [2.75, 3.05) is 6.61 Å². The van der Waals surface area contributed by atoms with Gasteiger partial charge in [-0.25, -0.2) is 0 Å². The van der Waals surface area contributed by atoms with Gasteiger partial charge in [0.15, 0.2) is 0 Å². The average Bonchev–Trinajstić information content (AvgIpc) is 2.49. The molecule has 104 valence electrons. The Morgan fingerprint density at radius 2 is 1.95 bits per heavy atom. The number of nitrogens with zero attached hydrogens (tertiary/aromatic N) is 1. The summed E-state index contributed by atoms with van der Waals surface area (Å²) in [6.45, 7) is 0.260. The molecular formula is C17H19NOS. The number of unbranched alkanes of at least 4 members (excludes halogenated alkanes) is 1. The van der Waals surface area contributed by atoms with Gasteiger partial charge in [-0.15, -0.1) is 0 Å². The number of aliphatic hydroxyl groups excluding tert-OH is 1. The SMILES string of the molecule is OCCCC/C(=C/c1cccnc1)Sc1ccccc1. The second-order valence-corrected chi connectivity index (χ2v) is 5.69. The molecule has 0 spiro atoms. The highest BCUT2D eigenvalue weighted by Gasteiger charge is 2.02. The summed E-state index contributed by atoms with van der Waals surface area (Å²) < 4.78 is 0. The van der Waals surface area contributed by atoms with Crippen molar-refractivity contribution >= 4 is 17.8 Å². The molecule has 0 amide bonds. The van der Waals surface area contributed by atoms with E-state index < -0.39 is 0 Å². The van der Waals surface area contributed by atoms with Crippen molar-refractivity contribution < 1.29 is 5.11 Å². The predicted octanol–water partition coefficient (Wildman–Crippen LogP) is 4.38. The summed E-state index contributed by atoms with van der Waals surface area (Å²) in [5, 5.41) is 8.92. The molecule has 2 aromatic rings. The van der Waals surface area contributed by atoms with Gasteiger partial charge < -0.3 is 5.11 Å². The van der Waals surface area contributed by atoms with Crippen LogP contribution in [0.2, 0.25) is 0 Å². The van der Waals surface area contributed by atoms with E-state index in [9.17, 15) is 0 Å². The number of aliphatic hydroxyl groups is 1. The molecule has 1 heterocycles. The summed E-state index contributed by atoms with van der Waals surface area (Å²) in [7, 11) is 0. The topological polar surface area (TPSA) is 33.1 Å². The number of thioether (sulfide) groups is 1. The van der Waals surface area contributed by atoms with Gasteiger partial charge in [0.05, 0.1) is 0 Å².